The van der Waals surface area contributed by atoms with E-state index in [1.165, 1.54) is 66.4 Å². The van der Waals surface area contributed by atoms with Gasteiger partial charge in [0.05, 0.1) is 16.7 Å². The van der Waals surface area contributed by atoms with Gasteiger partial charge >= 0.3 is 0 Å². The molecule has 8 aromatic rings. The Hall–Kier alpha value is -6.84. The van der Waals surface area contributed by atoms with Crippen molar-refractivity contribution in [3.05, 3.63) is 226 Å². The molecular formula is C54H39N3. The first-order valence-electron chi connectivity index (χ1n) is 20.3. The number of pyridine rings is 2. The molecule has 3 aromatic heterocycles. The van der Waals surface area contributed by atoms with Gasteiger partial charge in [-0.25, -0.2) is 9.97 Å². The minimum Gasteiger partial charge on any atom is -0.298 e. The number of allylic oxidation sites excluding steroid dienone is 10. The zero-order valence-corrected chi connectivity index (χ0v) is 31.5. The first-order valence-corrected chi connectivity index (χ1v) is 20.3. The summed E-state index contributed by atoms with van der Waals surface area (Å²) in [5.74, 6) is 0.548. The molecule has 3 atom stereocenters. The zero-order valence-electron chi connectivity index (χ0n) is 31.5. The van der Waals surface area contributed by atoms with Crippen LogP contribution < -0.4 is 0 Å². The zero-order chi connectivity index (χ0) is 37.5. The van der Waals surface area contributed by atoms with Crippen LogP contribution in [0.4, 0.5) is 0 Å². The molecule has 3 nitrogen and oxygen atoms in total. The average molecular weight is 730 g/mol. The summed E-state index contributed by atoms with van der Waals surface area (Å²) in [7, 11) is 0. The van der Waals surface area contributed by atoms with Gasteiger partial charge in [0.25, 0.3) is 0 Å². The highest BCUT2D eigenvalue weighted by Crippen LogP contribution is 2.53. The Morgan fingerprint density at radius 3 is 2.49 bits per heavy atom. The molecule has 0 saturated carbocycles. The molecule has 0 N–H and O–H groups in total. The summed E-state index contributed by atoms with van der Waals surface area (Å²) in [4.78, 5) is 10.4. The Morgan fingerprint density at radius 2 is 1.54 bits per heavy atom. The largest absolute Gasteiger partial charge is 0.298 e. The molecule has 3 unspecified atom stereocenters. The minimum atomic E-state index is 0.135. The molecule has 3 heteroatoms. The standard InChI is InChI=1S/C54H39N3/c1-3-17-39-35(13-1)15-11-22-41(39)50-43-19-5-6-20-44(43)51(42-23-12-16-36-14-2-4-18-40(36)42)47-33-38(30-31-45(47)50)34-26-28-37(29-27-34)52-54-53(46-21-7-8-24-48(46)55-52)56-49-25-9-10-32-57(49)54/h1-3,5-17,19-28,30-33,37,43,50H,4,18,29H2. The molecule has 3 heterocycles. The lowest BCUT2D eigenvalue weighted by atomic mass is 9.65. The summed E-state index contributed by atoms with van der Waals surface area (Å²) < 4.78 is 2.21. The predicted molar refractivity (Wildman–Crippen MR) is 236 cm³/mol. The van der Waals surface area contributed by atoms with E-state index in [1.807, 2.05) is 0 Å². The van der Waals surface area contributed by atoms with E-state index in [9.17, 15) is 0 Å². The third-order valence-corrected chi connectivity index (χ3v) is 12.8. The smallest absolute Gasteiger partial charge is 0.137 e. The van der Waals surface area contributed by atoms with Crippen LogP contribution in [-0.2, 0) is 6.42 Å². The van der Waals surface area contributed by atoms with Crippen LogP contribution in [0.15, 0.2) is 182 Å². The molecule has 0 radical (unpaired) electrons. The van der Waals surface area contributed by atoms with Gasteiger partial charge in [-0.05, 0) is 110 Å². The van der Waals surface area contributed by atoms with Crippen LogP contribution in [0.3, 0.4) is 0 Å². The van der Waals surface area contributed by atoms with Gasteiger partial charge in [-0.3, -0.25) is 4.40 Å². The second kappa shape index (κ2) is 12.9. The number of imidazole rings is 1. The van der Waals surface area contributed by atoms with Crippen molar-refractivity contribution in [3.63, 3.8) is 0 Å². The van der Waals surface area contributed by atoms with Crippen LogP contribution in [0.25, 0.3) is 55.6 Å². The number of para-hydroxylation sites is 1. The Morgan fingerprint density at radius 1 is 0.667 bits per heavy atom. The maximum Gasteiger partial charge on any atom is 0.137 e. The molecule has 0 fully saturated rings. The van der Waals surface area contributed by atoms with Crippen molar-refractivity contribution in [1.82, 2.24) is 14.4 Å². The molecule has 0 spiro atoms. The molecule has 270 valence electrons. The topological polar surface area (TPSA) is 30.2 Å². The molecule has 4 aliphatic carbocycles. The predicted octanol–water partition coefficient (Wildman–Crippen LogP) is 13.0. The van der Waals surface area contributed by atoms with Crippen LogP contribution in [0.5, 0.6) is 0 Å². The normalized spacial score (nSPS) is 19.6. The fourth-order valence-electron chi connectivity index (χ4n) is 10.2. The summed E-state index contributed by atoms with van der Waals surface area (Å²) in [6.07, 6.45) is 26.2. The van der Waals surface area contributed by atoms with Gasteiger partial charge in [0.2, 0.25) is 0 Å². The van der Waals surface area contributed by atoms with Crippen LogP contribution in [0, 0.1) is 5.92 Å². The lowest BCUT2D eigenvalue weighted by molar-refractivity contribution is 0.652. The quantitative estimate of drug-likeness (QED) is 0.181. The number of benzene rings is 5. The van der Waals surface area contributed by atoms with Crippen LogP contribution in [-0.4, -0.2) is 14.4 Å². The van der Waals surface area contributed by atoms with Gasteiger partial charge in [0.15, 0.2) is 0 Å². The van der Waals surface area contributed by atoms with Gasteiger partial charge in [-0.1, -0.05) is 152 Å². The Labute approximate surface area is 332 Å². The van der Waals surface area contributed by atoms with Crippen molar-refractivity contribution < 1.29 is 0 Å². The highest BCUT2D eigenvalue weighted by Gasteiger charge is 2.37. The molecule has 0 saturated heterocycles. The summed E-state index contributed by atoms with van der Waals surface area (Å²) in [5, 5.41) is 3.72. The van der Waals surface area contributed by atoms with E-state index < -0.39 is 0 Å². The third-order valence-electron chi connectivity index (χ3n) is 12.8. The summed E-state index contributed by atoms with van der Waals surface area (Å²) in [5.41, 5.74) is 18.8. The molecule has 0 aliphatic heterocycles. The monoisotopic (exact) mass is 729 g/mol. The lowest BCUT2D eigenvalue weighted by Crippen LogP contribution is -2.23. The van der Waals surface area contributed by atoms with Crippen LogP contribution in [0.1, 0.15) is 69.3 Å². The summed E-state index contributed by atoms with van der Waals surface area (Å²) >= 11 is 0. The highest BCUT2D eigenvalue weighted by atomic mass is 15.0. The first kappa shape index (κ1) is 32.4. The average Bonchev–Trinajstić information content (AvgIpc) is 3.68. The van der Waals surface area contributed by atoms with Crippen molar-refractivity contribution in [1.29, 1.82) is 0 Å². The molecular weight excluding hydrogens is 691 g/mol. The van der Waals surface area contributed by atoms with E-state index in [-0.39, 0.29) is 17.8 Å². The first-order chi connectivity index (χ1) is 28.3. The Kier molecular flexibility index (Phi) is 7.31. The van der Waals surface area contributed by atoms with Crippen molar-refractivity contribution in [2.75, 3.05) is 0 Å². The Bertz CT molecular complexity index is 3180. The third kappa shape index (κ3) is 5.05. The molecule has 4 aliphatic rings. The fraction of sp³-hybridized carbons (Fsp3) is 0.111. The van der Waals surface area contributed by atoms with E-state index in [1.54, 1.807) is 0 Å². The van der Waals surface area contributed by atoms with E-state index in [0.717, 1.165) is 52.5 Å². The molecule has 57 heavy (non-hydrogen) atoms. The van der Waals surface area contributed by atoms with E-state index >= 15 is 0 Å². The molecule has 0 amide bonds. The van der Waals surface area contributed by atoms with E-state index in [4.69, 9.17) is 9.97 Å². The summed E-state index contributed by atoms with van der Waals surface area (Å²) in [6.45, 7) is 0. The van der Waals surface area contributed by atoms with E-state index in [2.05, 4.69) is 187 Å². The molecule has 0 bridgehead atoms. The van der Waals surface area contributed by atoms with Gasteiger partial charge in [-0.2, -0.15) is 0 Å². The van der Waals surface area contributed by atoms with Gasteiger partial charge in [0.1, 0.15) is 11.2 Å². The second-order valence-electron chi connectivity index (χ2n) is 15.9. The van der Waals surface area contributed by atoms with Crippen molar-refractivity contribution in [2.45, 2.75) is 31.1 Å². The number of rotatable bonds is 4. The number of nitrogens with zero attached hydrogens (tertiary/aromatic N) is 3. The number of fused-ring (bicyclic) bond motifs is 9. The molecule has 12 rings (SSSR count). The SMILES string of the molecule is C1=CC2=C(c3cccc4c3CCC=C4)c3cc(C4=CCC(c5nc6ccccc6c6nc7ccccn7c56)C=C4)ccc3C(c3cccc4ccccc34)C2C=C1. The van der Waals surface area contributed by atoms with Crippen LogP contribution >= 0.6 is 0 Å². The fourth-order valence-corrected chi connectivity index (χ4v) is 10.2. The highest BCUT2D eigenvalue weighted by molar-refractivity contribution is 6.05. The van der Waals surface area contributed by atoms with Crippen LogP contribution in [0.2, 0.25) is 0 Å². The summed E-state index contributed by atoms with van der Waals surface area (Å²) in [6, 6.07) is 44.6. The minimum absolute atomic E-state index is 0.135. The van der Waals surface area contributed by atoms with Gasteiger partial charge < -0.3 is 0 Å². The molecule has 5 aromatic carbocycles. The maximum absolute atomic E-state index is 5.32. The van der Waals surface area contributed by atoms with Crippen molar-refractivity contribution in [2.24, 2.45) is 5.92 Å². The second-order valence-corrected chi connectivity index (χ2v) is 15.9. The van der Waals surface area contributed by atoms with Gasteiger partial charge in [-0.15, -0.1) is 0 Å². The number of aromatic nitrogens is 3. The van der Waals surface area contributed by atoms with Gasteiger partial charge in [0, 0.05) is 29.3 Å². The van der Waals surface area contributed by atoms with Crippen molar-refractivity contribution in [3.8, 4) is 0 Å². The maximum atomic E-state index is 5.32. The van der Waals surface area contributed by atoms with E-state index in [0.29, 0.717) is 0 Å². The number of hydrogen-bond donors (Lipinski definition) is 0. The Balaban J connectivity index is 1.01. The van der Waals surface area contributed by atoms with Crippen molar-refractivity contribution >= 4 is 55.6 Å². The number of hydrogen-bond acceptors (Lipinski definition) is 2. The lowest BCUT2D eigenvalue weighted by Gasteiger charge is -2.38.